The van der Waals surface area contributed by atoms with Crippen LogP contribution in [-0.4, -0.2) is 52.2 Å². The fraction of sp³-hybridized carbons (Fsp3) is 0.550. The first kappa shape index (κ1) is 21.4. The van der Waals surface area contributed by atoms with Crippen molar-refractivity contribution in [1.82, 2.24) is 19.1 Å². The summed E-state index contributed by atoms with van der Waals surface area (Å²) in [6, 6.07) is 7.41. The lowest BCUT2D eigenvalue weighted by molar-refractivity contribution is -0.120. The first-order chi connectivity index (χ1) is 13.6. The van der Waals surface area contributed by atoms with Gasteiger partial charge < -0.3 is 5.32 Å². The number of carbonyl (C=O) groups excluding carboxylic acids is 1. The summed E-state index contributed by atoms with van der Waals surface area (Å²) in [7, 11) is -3.21. The van der Waals surface area contributed by atoms with Crippen LogP contribution in [0.1, 0.15) is 46.2 Å². The molecule has 158 valence electrons. The third-order valence-corrected chi connectivity index (χ3v) is 7.06. The van der Waals surface area contributed by atoms with Crippen LogP contribution in [0.3, 0.4) is 0 Å². The zero-order chi connectivity index (χ0) is 21.2. The monoisotopic (exact) mass is 419 g/mol. The molecule has 0 atom stereocenters. The van der Waals surface area contributed by atoms with E-state index in [1.54, 1.807) is 17.8 Å². The molecule has 0 spiro atoms. The van der Waals surface area contributed by atoms with Crippen molar-refractivity contribution in [2.75, 3.05) is 24.2 Å². The number of amides is 1. The van der Waals surface area contributed by atoms with Crippen LogP contribution in [0.25, 0.3) is 5.82 Å². The molecular weight excluding hydrogens is 390 g/mol. The lowest BCUT2D eigenvalue weighted by Gasteiger charge is -2.30. The highest BCUT2D eigenvalue weighted by Gasteiger charge is 2.31. The molecule has 3 heterocycles. The van der Waals surface area contributed by atoms with Gasteiger partial charge >= 0.3 is 0 Å². The van der Waals surface area contributed by atoms with Crippen LogP contribution < -0.4 is 5.32 Å². The number of sulfonamides is 1. The van der Waals surface area contributed by atoms with Gasteiger partial charge in [-0.25, -0.2) is 17.7 Å². The third-order valence-electron chi connectivity index (χ3n) is 5.18. The van der Waals surface area contributed by atoms with Crippen LogP contribution in [0.15, 0.2) is 30.5 Å². The molecule has 0 radical (unpaired) electrons. The molecule has 1 N–H and O–H groups in total. The Morgan fingerprint density at radius 3 is 2.48 bits per heavy atom. The van der Waals surface area contributed by atoms with E-state index in [0.717, 1.165) is 5.69 Å². The number of aromatic nitrogens is 3. The average Bonchev–Trinajstić information content (AvgIpc) is 3.13. The average molecular weight is 420 g/mol. The summed E-state index contributed by atoms with van der Waals surface area (Å²) in [6.07, 6.45) is 2.70. The van der Waals surface area contributed by atoms with E-state index in [1.807, 2.05) is 24.3 Å². The largest absolute Gasteiger partial charge is 0.310 e. The van der Waals surface area contributed by atoms with E-state index in [-0.39, 0.29) is 23.0 Å². The van der Waals surface area contributed by atoms with Crippen molar-refractivity contribution in [2.24, 2.45) is 5.92 Å². The topological polar surface area (TPSA) is 97.2 Å². The Kier molecular flexibility index (Phi) is 6.09. The lowest BCUT2D eigenvalue weighted by atomic mass is 9.92. The molecule has 0 saturated carbocycles. The Hall–Kier alpha value is -2.26. The van der Waals surface area contributed by atoms with Gasteiger partial charge in [0.1, 0.15) is 5.82 Å². The molecule has 2 aromatic heterocycles. The first-order valence-corrected chi connectivity index (χ1v) is 11.5. The van der Waals surface area contributed by atoms with Crippen molar-refractivity contribution >= 4 is 21.7 Å². The van der Waals surface area contributed by atoms with E-state index in [0.29, 0.717) is 37.6 Å². The fourth-order valence-corrected chi connectivity index (χ4v) is 4.43. The molecule has 29 heavy (non-hydrogen) atoms. The SMILES string of the molecule is CCS(=O)(=O)N1CCC(C(=O)Nc2cc(C(C)(C)C)nn2-c2ccccn2)CC1. The molecule has 1 aliphatic rings. The van der Waals surface area contributed by atoms with Crippen LogP contribution in [-0.2, 0) is 20.2 Å². The number of hydrogen-bond acceptors (Lipinski definition) is 5. The molecule has 0 unspecified atom stereocenters. The highest BCUT2D eigenvalue weighted by Crippen LogP contribution is 2.27. The van der Waals surface area contributed by atoms with E-state index in [4.69, 9.17) is 0 Å². The Bertz CT molecular complexity index is 956. The zero-order valence-corrected chi connectivity index (χ0v) is 18.2. The molecule has 3 rings (SSSR count). The minimum atomic E-state index is -3.21. The zero-order valence-electron chi connectivity index (χ0n) is 17.4. The second-order valence-electron chi connectivity index (χ2n) is 8.33. The number of anilines is 1. The van der Waals surface area contributed by atoms with E-state index >= 15 is 0 Å². The van der Waals surface area contributed by atoms with Gasteiger partial charge in [-0.15, -0.1) is 0 Å². The summed E-state index contributed by atoms with van der Waals surface area (Å²) in [5, 5.41) is 7.65. The first-order valence-electron chi connectivity index (χ1n) is 9.92. The van der Waals surface area contributed by atoms with Crippen LogP contribution in [0.5, 0.6) is 0 Å². The van der Waals surface area contributed by atoms with Gasteiger partial charge in [0.05, 0.1) is 11.4 Å². The third kappa shape index (κ3) is 4.84. The van der Waals surface area contributed by atoms with Crippen LogP contribution in [0.2, 0.25) is 0 Å². The van der Waals surface area contributed by atoms with Crippen molar-refractivity contribution in [3.05, 3.63) is 36.2 Å². The number of piperidine rings is 1. The maximum atomic E-state index is 12.9. The maximum absolute atomic E-state index is 12.9. The summed E-state index contributed by atoms with van der Waals surface area (Å²) < 4.78 is 27.2. The van der Waals surface area contributed by atoms with Gasteiger partial charge in [-0.05, 0) is 31.9 Å². The molecule has 2 aromatic rings. The Morgan fingerprint density at radius 2 is 1.93 bits per heavy atom. The van der Waals surface area contributed by atoms with Crippen LogP contribution >= 0.6 is 0 Å². The molecule has 1 aliphatic heterocycles. The van der Waals surface area contributed by atoms with E-state index < -0.39 is 10.0 Å². The number of hydrogen-bond donors (Lipinski definition) is 1. The molecule has 0 bridgehead atoms. The summed E-state index contributed by atoms with van der Waals surface area (Å²) in [4.78, 5) is 17.2. The minimum Gasteiger partial charge on any atom is -0.310 e. The summed E-state index contributed by atoms with van der Waals surface area (Å²) in [5.41, 5.74) is 0.668. The molecule has 1 fully saturated rings. The molecule has 1 saturated heterocycles. The van der Waals surface area contributed by atoms with Gasteiger partial charge in [0.15, 0.2) is 5.82 Å². The van der Waals surface area contributed by atoms with Gasteiger partial charge in [-0.2, -0.15) is 9.78 Å². The van der Waals surface area contributed by atoms with Gasteiger partial charge in [0.25, 0.3) is 0 Å². The Labute approximate surface area is 172 Å². The van der Waals surface area contributed by atoms with Crippen LogP contribution in [0.4, 0.5) is 5.82 Å². The Balaban J connectivity index is 1.78. The number of rotatable bonds is 5. The molecule has 0 aliphatic carbocycles. The maximum Gasteiger partial charge on any atom is 0.228 e. The predicted molar refractivity (Wildman–Crippen MR) is 112 cm³/mol. The Morgan fingerprint density at radius 1 is 1.24 bits per heavy atom. The van der Waals surface area contributed by atoms with Gasteiger partial charge in [-0.3, -0.25) is 4.79 Å². The number of pyridine rings is 1. The predicted octanol–water partition coefficient (Wildman–Crippen LogP) is 2.57. The molecule has 0 aromatic carbocycles. The van der Waals surface area contributed by atoms with Crippen molar-refractivity contribution in [1.29, 1.82) is 0 Å². The van der Waals surface area contributed by atoms with Crippen LogP contribution in [0, 0.1) is 5.92 Å². The minimum absolute atomic E-state index is 0.0860. The standard InChI is InChI=1S/C20H29N5O3S/c1-5-29(27,28)24-12-9-15(10-13-24)19(26)22-18-14-16(20(2,3)4)23-25(18)17-8-6-7-11-21-17/h6-8,11,14-15H,5,9-10,12-13H2,1-4H3,(H,22,26). The summed E-state index contributed by atoms with van der Waals surface area (Å²) >= 11 is 0. The number of nitrogens with zero attached hydrogens (tertiary/aromatic N) is 4. The normalized spacial score (nSPS) is 16.7. The van der Waals surface area contributed by atoms with E-state index in [2.05, 4.69) is 36.2 Å². The van der Waals surface area contributed by atoms with Gasteiger partial charge in [0.2, 0.25) is 15.9 Å². The van der Waals surface area contributed by atoms with Gasteiger partial charge in [-0.1, -0.05) is 26.8 Å². The van der Waals surface area contributed by atoms with Crippen molar-refractivity contribution in [3.8, 4) is 5.82 Å². The van der Waals surface area contributed by atoms with E-state index in [9.17, 15) is 13.2 Å². The fourth-order valence-electron chi connectivity index (χ4n) is 3.30. The molecular formula is C20H29N5O3S. The smallest absolute Gasteiger partial charge is 0.228 e. The summed E-state index contributed by atoms with van der Waals surface area (Å²) in [6.45, 7) is 8.58. The molecule has 8 nitrogen and oxygen atoms in total. The van der Waals surface area contributed by atoms with Crippen molar-refractivity contribution in [3.63, 3.8) is 0 Å². The second-order valence-corrected chi connectivity index (χ2v) is 10.6. The highest BCUT2D eigenvalue weighted by atomic mass is 32.2. The van der Waals surface area contributed by atoms with E-state index in [1.165, 1.54) is 4.31 Å². The molecule has 9 heteroatoms. The highest BCUT2D eigenvalue weighted by molar-refractivity contribution is 7.89. The van der Waals surface area contributed by atoms with Crippen molar-refractivity contribution < 1.29 is 13.2 Å². The quantitative estimate of drug-likeness (QED) is 0.803. The van der Waals surface area contributed by atoms with Gasteiger partial charge in [0, 0.05) is 36.7 Å². The molecule has 1 amide bonds. The second kappa shape index (κ2) is 8.23. The lowest BCUT2D eigenvalue weighted by Crippen LogP contribution is -2.42. The number of carbonyl (C=O) groups is 1. The number of nitrogens with one attached hydrogen (secondary N) is 1. The summed E-state index contributed by atoms with van der Waals surface area (Å²) in [5.74, 6) is 0.937. The van der Waals surface area contributed by atoms with Crippen molar-refractivity contribution in [2.45, 2.75) is 46.0 Å².